The molecule has 0 radical (unpaired) electrons. The van der Waals surface area contributed by atoms with Gasteiger partial charge in [0, 0.05) is 0 Å². The topological polar surface area (TPSA) is 9.23 Å². The maximum absolute atomic E-state index is 6.03. The average molecular weight is 529 g/mol. The van der Waals surface area contributed by atoms with Crippen molar-refractivity contribution >= 4 is 0 Å². The number of fused-ring (bicyclic) bond motifs is 3. The summed E-state index contributed by atoms with van der Waals surface area (Å²) in [6.45, 7) is 4.14. The van der Waals surface area contributed by atoms with Crippen molar-refractivity contribution in [2.24, 2.45) is 0 Å². The summed E-state index contributed by atoms with van der Waals surface area (Å²) in [5.74, 6) is 0.897. The van der Waals surface area contributed by atoms with E-state index in [9.17, 15) is 0 Å². The molecular weight excluding hydrogens is 496 g/mol. The van der Waals surface area contributed by atoms with Crippen LogP contribution in [-0.2, 0) is 6.42 Å². The normalized spacial score (nSPS) is 11.8. The number of benzene rings is 6. The minimum Gasteiger partial charge on any atom is -0.491 e. The zero-order valence-corrected chi connectivity index (χ0v) is 23.5. The highest BCUT2D eigenvalue weighted by Crippen LogP contribution is 2.56. The van der Waals surface area contributed by atoms with Crippen LogP contribution in [0.3, 0.4) is 0 Å². The Labute approximate surface area is 242 Å². The van der Waals surface area contributed by atoms with E-state index in [0.717, 1.165) is 12.2 Å². The third-order valence-corrected chi connectivity index (χ3v) is 7.96. The second-order valence-electron chi connectivity index (χ2n) is 11.0. The van der Waals surface area contributed by atoms with Crippen molar-refractivity contribution in [3.8, 4) is 61.4 Å². The van der Waals surface area contributed by atoms with Crippen LogP contribution in [0.4, 0.5) is 0 Å². The number of rotatable bonds is 6. The highest BCUT2D eigenvalue weighted by Gasteiger charge is 2.32. The Hall–Kier alpha value is -4.88. The SMILES string of the molecule is CC(C)Oc1ccc(-c2c3c(c(-c4ccccc4)c(-c4ccccc4)c2-c2ccccc2)-c2ccccc2C3)cc1. The maximum atomic E-state index is 6.03. The van der Waals surface area contributed by atoms with Gasteiger partial charge in [-0.25, -0.2) is 0 Å². The molecule has 0 saturated heterocycles. The molecule has 0 fully saturated rings. The Morgan fingerprint density at radius 2 is 0.878 bits per heavy atom. The van der Waals surface area contributed by atoms with Crippen molar-refractivity contribution in [3.63, 3.8) is 0 Å². The van der Waals surface area contributed by atoms with Gasteiger partial charge in [-0.05, 0) is 99.2 Å². The van der Waals surface area contributed by atoms with Gasteiger partial charge in [-0.15, -0.1) is 0 Å². The molecule has 1 aliphatic carbocycles. The van der Waals surface area contributed by atoms with Crippen LogP contribution in [0.15, 0.2) is 140 Å². The Morgan fingerprint density at radius 1 is 0.439 bits per heavy atom. The molecule has 0 spiro atoms. The molecule has 0 heterocycles. The molecule has 0 aromatic heterocycles. The first-order valence-electron chi connectivity index (χ1n) is 14.4. The molecule has 0 saturated carbocycles. The summed E-state index contributed by atoms with van der Waals surface area (Å²) >= 11 is 0. The average Bonchev–Trinajstić information content (AvgIpc) is 3.40. The van der Waals surface area contributed by atoms with E-state index >= 15 is 0 Å². The highest BCUT2D eigenvalue weighted by atomic mass is 16.5. The predicted octanol–water partition coefficient (Wildman–Crippen LogP) is 10.7. The van der Waals surface area contributed by atoms with E-state index in [1.807, 2.05) is 0 Å². The quantitative estimate of drug-likeness (QED) is 0.209. The molecule has 0 aliphatic heterocycles. The summed E-state index contributed by atoms with van der Waals surface area (Å²) in [7, 11) is 0. The van der Waals surface area contributed by atoms with Crippen LogP contribution < -0.4 is 4.74 Å². The zero-order valence-electron chi connectivity index (χ0n) is 23.5. The molecule has 0 N–H and O–H groups in total. The summed E-state index contributed by atoms with van der Waals surface area (Å²) in [5, 5.41) is 0. The maximum Gasteiger partial charge on any atom is 0.119 e. The molecule has 0 atom stereocenters. The molecule has 0 bridgehead atoms. The van der Waals surface area contributed by atoms with Crippen molar-refractivity contribution in [2.45, 2.75) is 26.4 Å². The van der Waals surface area contributed by atoms with E-state index in [1.54, 1.807) is 0 Å². The van der Waals surface area contributed by atoms with Crippen molar-refractivity contribution < 1.29 is 4.74 Å². The van der Waals surface area contributed by atoms with E-state index < -0.39 is 0 Å². The minimum absolute atomic E-state index is 0.134. The predicted molar refractivity (Wildman–Crippen MR) is 172 cm³/mol. The van der Waals surface area contributed by atoms with Crippen LogP contribution in [0, 0.1) is 0 Å². The van der Waals surface area contributed by atoms with Gasteiger partial charge in [0.15, 0.2) is 0 Å². The van der Waals surface area contributed by atoms with Crippen molar-refractivity contribution in [3.05, 3.63) is 151 Å². The van der Waals surface area contributed by atoms with E-state index in [1.165, 1.54) is 66.8 Å². The standard InChI is InChI=1S/C40H32O/c1-27(2)41-33-24-22-31(23-25-33)36-35-26-32-20-12-13-21-34(32)40(35)39(30-18-10-5-11-19-30)38(29-16-8-4-9-17-29)37(36)28-14-6-3-7-15-28/h3-25,27H,26H2,1-2H3. The molecule has 0 amide bonds. The third kappa shape index (κ3) is 4.54. The number of hydrogen-bond acceptors (Lipinski definition) is 1. The van der Waals surface area contributed by atoms with Gasteiger partial charge in [-0.3, -0.25) is 0 Å². The fourth-order valence-corrected chi connectivity index (χ4v) is 6.36. The van der Waals surface area contributed by atoms with Gasteiger partial charge in [0.1, 0.15) is 5.75 Å². The lowest BCUT2D eigenvalue weighted by molar-refractivity contribution is 0.242. The smallest absolute Gasteiger partial charge is 0.119 e. The van der Waals surface area contributed by atoms with Crippen LogP contribution in [0.2, 0.25) is 0 Å². The summed E-state index contributed by atoms with van der Waals surface area (Å²) < 4.78 is 6.03. The molecule has 0 unspecified atom stereocenters. The second kappa shape index (κ2) is 10.6. The van der Waals surface area contributed by atoms with Crippen molar-refractivity contribution in [1.29, 1.82) is 0 Å². The number of hydrogen-bond donors (Lipinski definition) is 0. The molecule has 1 heteroatoms. The van der Waals surface area contributed by atoms with Crippen LogP contribution in [0.1, 0.15) is 25.0 Å². The van der Waals surface area contributed by atoms with Gasteiger partial charge in [-0.2, -0.15) is 0 Å². The largest absolute Gasteiger partial charge is 0.491 e. The Balaban J connectivity index is 1.66. The molecule has 41 heavy (non-hydrogen) atoms. The van der Waals surface area contributed by atoms with Crippen LogP contribution in [-0.4, -0.2) is 6.10 Å². The first kappa shape index (κ1) is 25.1. The minimum atomic E-state index is 0.134. The lowest BCUT2D eigenvalue weighted by Gasteiger charge is -2.26. The van der Waals surface area contributed by atoms with Crippen molar-refractivity contribution in [1.82, 2.24) is 0 Å². The van der Waals surface area contributed by atoms with Gasteiger partial charge in [0.2, 0.25) is 0 Å². The number of ether oxygens (including phenoxy) is 1. The van der Waals surface area contributed by atoms with Crippen molar-refractivity contribution in [2.75, 3.05) is 0 Å². The Kier molecular flexibility index (Phi) is 6.49. The fraction of sp³-hybridized carbons (Fsp3) is 0.100. The summed E-state index contributed by atoms with van der Waals surface area (Å²) in [4.78, 5) is 0. The van der Waals surface area contributed by atoms with E-state index in [-0.39, 0.29) is 6.10 Å². The van der Waals surface area contributed by atoms with Crippen LogP contribution in [0.5, 0.6) is 5.75 Å². The van der Waals surface area contributed by atoms with E-state index in [2.05, 4.69) is 153 Å². The molecule has 198 valence electrons. The summed E-state index contributed by atoms with van der Waals surface area (Å²) in [6.07, 6.45) is 1.04. The second-order valence-corrected chi connectivity index (χ2v) is 11.0. The van der Waals surface area contributed by atoms with E-state index in [4.69, 9.17) is 4.74 Å². The van der Waals surface area contributed by atoms with Gasteiger partial charge in [0.25, 0.3) is 0 Å². The van der Waals surface area contributed by atoms with Gasteiger partial charge in [0.05, 0.1) is 6.10 Å². The first-order chi connectivity index (χ1) is 20.2. The molecular formula is C40H32O. The van der Waals surface area contributed by atoms with Crippen LogP contribution >= 0.6 is 0 Å². The molecule has 6 aromatic rings. The van der Waals surface area contributed by atoms with Gasteiger partial charge < -0.3 is 4.74 Å². The Bertz CT molecular complexity index is 1820. The highest BCUT2D eigenvalue weighted by molar-refractivity contribution is 6.10. The molecule has 1 aliphatic rings. The first-order valence-corrected chi connectivity index (χ1v) is 14.4. The molecule has 7 rings (SSSR count). The molecule has 1 nitrogen and oxygen atoms in total. The lowest BCUT2D eigenvalue weighted by Crippen LogP contribution is -2.05. The van der Waals surface area contributed by atoms with Gasteiger partial charge >= 0.3 is 0 Å². The van der Waals surface area contributed by atoms with Crippen LogP contribution in [0.25, 0.3) is 55.6 Å². The zero-order chi connectivity index (χ0) is 27.8. The summed E-state index contributed by atoms with van der Waals surface area (Å²) in [6, 6.07) is 50.4. The monoisotopic (exact) mass is 528 g/mol. The summed E-state index contributed by atoms with van der Waals surface area (Å²) in [5.41, 5.74) is 15.5. The fourth-order valence-electron chi connectivity index (χ4n) is 6.36. The third-order valence-electron chi connectivity index (χ3n) is 7.96. The molecule has 6 aromatic carbocycles. The van der Waals surface area contributed by atoms with E-state index in [0.29, 0.717) is 0 Å². The lowest BCUT2D eigenvalue weighted by atomic mass is 9.77. The Morgan fingerprint density at radius 3 is 1.41 bits per heavy atom. The van der Waals surface area contributed by atoms with Gasteiger partial charge in [-0.1, -0.05) is 127 Å².